The van der Waals surface area contributed by atoms with Crippen LogP contribution in [0.15, 0.2) is 0 Å². The van der Waals surface area contributed by atoms with Gasteiger partial charge in [-0.05, 0) is 56.3 Å². The maximum atomic E-state index is 11.9. The number of amides is 1. The van der Waals surface area contributed by atoms with Crippen LogP contribution in [-0.4, -0.2) is 23.7 Å². The van der Waals surface area contributed by atoms with Gasteiger partial charge in [0.2, 0.25) is 5.91 Å². The predicted molar refractivity (Wildman–Crippen MR) is 60.6 cm³/mol. The number of hydrogen-bond donors (Lipinski definition) is 2. The Kier molecular flexibility index (Phi) is 2.46. The van der Waals surface area contributed by atoms with Crippen LogP contribution in [0.2, 0.25) is 0 Å². The van der Waals surface area contributed by atoms with Gasteiger partial charge in [0, 0.05) is 12.5 Å². The molecule has 3 rings (SSSR count). The van der Waals surface area contributed by atoms with Crippen molar-refractivity contribution in [3.8, 4) is 0 Å². The second kappa shape index (κ2) is 3.73. The average molecular weight is 223 g/mol. The van der Waals surface area contributed by atoms with E-state index in [1.54, 1.807) is 6.92 Å². The van der Waals surface area contributed by atoms with Crippen LogP contribution in [0, 0.1) is 29.6 Å². The van der Waals surface area contributed by atoms with Gasteiger partial charge < -0.3 is 10.4 Å². The highest BCUT2D eigenvalue weighted by Crippen LogP contribution is 2.69. The van der Waals surface area contributed by atoms with Crippen molar-refractivity contribution in [2.45, 2.75) is 38.7 Å². The first kappa shape index (κ1) is 10.6. The SMILES string of the molecule is CC(O)CCNC(=O)C1C2C3CCC(C3)C12. The van der Waals surface area contributed by atoms with Gasteiger partial charge in [0.05, 0.1) is 6.10 Å². The Morgan fingerprint density at radius 2 is 2.00 bits per heavy atom. The second-order valence-corrected chi connectivity index (χ2v) is 5.94. The van der Waals surface area contributed by atoms with E-state index >= 15 is 0 Å². The molecule has 0 radical (unpaired) electrons. The molecule has 5 unspecified atom stereocenters. The van der Waals surface area contributed by atoms with E-state index in [2.05, 4.69) is 5.32 Å². The smallest absolute Gasteiger partial charge is 0.223 e. The van der Waals surface area contributed by atoms with Gasteiger partial charge in [-0.15, -0.1) is 0 Å². The van der Waals surface area contributed by atoms with Gasteiger partial charge in [0.15, 0.2) is 0 Å². The number of aliphatic hydroxyl groups is 1. The van der Waals surface area contributed by atoms with E-state index in [9.17, 15) is 4.79 Å². The Hall–Kier alpha value is -0.570. The molecule has 16 heavy (non-hydrogen) atoms. The molecule has 3 fully saturated rings. The lowest BCUT2D eigenvalue weighted by Crippen LogP contribution is -2.29. The lowest BCUT2D eigenvalue weighted by atomic mass is 10.0. The minimum absolute atomic E-state index is 0.257. The molecule has 0 aliphatic heterocycles. The first-order chi connectivity index (χ1) is 7.68. The fourth-order valence-corrected chi connectivity index (χ4v) is 4.20. The van der Waals surface area contributed by atoms with Gasteiger partial charge in [-0.2, -0.15) is 0 Å². The molecule has 0 aromatic rings. The first-order valence-corrected chi connectivity index (χ1v) is 6.64. The minimum Gasteiger partial charge on any atom is -0.393 e. The van der Waals surface area contributed by atoms with Crippen LogP contribution in [0.1, 0.15) is 32.6 Å². The Labute approximate surface area is 96.6 Å². The Bertz CT molecular complexity index is 286. The largest absolute Gasteiger partial charge is 0.393 e. The van der Waals surface area contributed by atoms with E-state index in [1.165, 1.54) is 19.3 Å². The van der Waals surface area contributed by atoms with E-state index < -0.39 is 0 Å². The fourth-order valence-electron chi connectivity index (χ4n) is 4.20. The van der Waals surface area contributed by atoms with Crippen molar-refractivity contribution in [2.75, 3.05) is 6.54 Å². The monoisotopic (exact) mass is 223 g/mol. The fraction of sp³-hybridized carbons (Fsp3) is 0.923. The average Bonchev–Trinajstić information content (AvgIpc) is 2.68. The van der Waals surface area contributed by atoms with Gasteiger partial charge in [-0.3, -0.25) is 4.79 Å². The number of nitrogens with one attached hydrogen (secondary N) is 1. The highest BCUT2D eigenvalue weighted by Gasteiger charge is 2.67. The van der Waals surface area contributed by atoms with Crippen LogP contribution in [0.25, 0.3) is 0 Å². The number of aliphatic hydroxyl groups excluding tert-OH is 1. The minimum atomic E-state index is -0.310. The van der Waals surface area contributed by atoms with Crippen LogP contribution in [0.5, 0.6) is 0 Å². The van der Waals surface area contributed by atoms with Gasteiger partial charge in [-0.25, -0.2) is 0 Å². The molecule has 90 valence electrons. The third-order valence-corrected chi connectivity index (χ3v) is 4.90. The summed E-state index contributed by atoms with van der Waals surface area (Å²) in [5.74, 6) is 3.77. The summed E-state index contributed by atoms with van der Waals surface area (Å²) in [7, 11) is 0. The summed E-state index contributed by atoms with van der Waals surface area (Å²) in [6, 6.07) is 0. The molecule has 2 N–H and O–H groups in total. The van der Waals surface area contributed by atoms with Gasteiger partial charge in [0.1, 0.15) is 0 Å². The number of hydrogen-bond acceptors (Lipinski definition) is 2. The summed E-state index contributed by atoms with van der Waals surface area (Å²) in [6.45, 7) is 2.39. The van der Waals surface area contributed by atoms with Gasteiger partial charge in [0.25, 0.3) is 0 Å². The van der Waals surface area contributed by atoms with Crippen molar-refractivity contribution in [1.82, 2.24) is 5.32 Å². The van der Waals surface area contributed by atoms with Crippen LogP contribution >= 0.6 is 0 Å². The molecule has 0 heterocycles. The second-order valence-electron chi connectivity index (χ2n) is 5.94. The zero-order chi connectivity index (χ0) is 11.3. The van der Waals surface area contributed by atoms with Crippen LogP contribution in [-0.2, 0) is 4.79 Å². The topological polar surface area (TPSA) is 49.3 Å². The molecular formula is C13H21NO2. The molecule has 0 aromatic carbocycles. The Balaban J connectivity index is 1.48. The van der Waals surface area contributed by atoms with Crippen molar-refractivity contribution in [3.63, 3.8) is 0 Å². The molecule has 0 aromatic heterocycles. The van der Waals surface area contributed by atoms with Crippen LogP contribution in [0.4, 0.5) is 0 Å². The molecule has 0 spiro atoms. The zero-order valence-electron chi connectivity index (χ0n) is 9.86. The summed E-state index contributed by atoms with van der Waals surface area (Å²) in [4.78, 5) is 11.9. The van der Waals surface area contributed by atoms with Crippen molar-refractivity contribution in [3.05, 3.63) is 0 Å². The molecular weight excluding hydrogens is 202 g/mol. The summed E-state index contributed by atoms with van der Waals surface area (Å²) in [6.07, 6.45) is 4.48. The third kappa shape index (κ3) is 1.56. The van der Waals surface area contributed by atoms with E-state index in [0.29, 0.717) is 18.9 Å². The molecule has 3 heteroatoms. The zero-order valence-corrected chi connectivity index (χ0v) is 9.86. The lowest BCUT2D eigenvalue weighted by Gasteiger charge is -2.10. The third-order valence-electron chi connectivity index (χ3n) is 4.90. The normalized spacial score (nSPS) is 45.2. The number of fused-ring (bicyclic) bond motifs is 5. The van der Waals surface area contributed by atoms with Crippen molar-refractivity contribution < 1.29 is 9.90 Å². The number of rotatable bonds is 4. The summed E-state index contributed by atoms with van der Waals surface area (Å²) >= 11 is 0. The molecule has 5 atom stereocenters. The Morgan fingerprint density at radius 1 is 1.38 bits per heavy atom. The summed E-state index contributed by atoms with van der Waals surface area (Å²) in [5, 5.41) is 12.1. The summed E-state index contributed by atoms with van der Waals surface area (Å²) < 4.78 is 0. The van der Waals surface area contributed by atoms with E-state index in [1.807, 2.05) is 0 Å². The molecule has 1 amide bonds. The highest BCUT2D eigenvalue weighted by molar-refractivity contribution is 5.82. The predicted octanol–water partition coefficient (Wildman–Crippen LogP) is 1.17. The quantitative estimate of drug-likeness (QED) is 0.751. The molecule has 3 nitrogen and oxygen atoms in total. The number of carbonyl (C=O) groups excluding carboxylic acids is 1. The van der Waals surface area contributed by atoms with Gasteiger partial charge in [-0.1, -0.05) is 0 Å². The molecule has 0 saturated heterocycles. The summed E-state index contributed by atoms with van der Waals surface area (Å²) in [5.41, 5.74) is 0. The first-order valence-electron chi connectivity index (χ1n) is 6.64. The van der Waals surface area contributed by atoms with E-state index in [4.69, 9.17) is 5.11 Å². The maximum absolute atomic E-state index is 11.9. The maximum Gasteiger partial charge on any atom is 0.223 e. The van der Waals surface area contributed by atoms with Gasteiger partial charge >= 0.3 is 0 Å². The van der Waals surface area contributed by atoms with Crippen LogP contribution in [0.3, 0.4) is 0 Å². The van der Waals surface area contributed by atoms with Crippen molar-refractivity contribution >= 4 is 5.91 Å². The molecule has 3 aliphatic rings. The standard InChI is InChI=1S/C13H21NO2/c1-7(15)4-5-14-13(16)12-10-8-2-3-9(6-8)11(10)12/h7-12,15H,2-6H2,1H3,(H,14,16). The molecule has 2 bridgehead atoms. The van der Waals surface area contributed by atoms with E-state index in [0.717, 1.165) is 23.7 Å². The highest BCUT2D eigenvalue weighted by atomic mass is 16.3. The van der Waals surface area contributed by atoms with E-state index in [-0.39, 0.29) is 12.0 Å². The van der Waals surface area contributed by atoms with Crippen molar-refractivity contribution in [2.24, 2.45) is 29.6 Å². The van der Waals surface area contributed by atoms with Crippen molar-refractivity contribution in [1.29, 1.82) is 0 Å². The molecule has 3 saturated carbocycles. The number of carbonyl (C=O) groups is 1. The Morgan fingerprint density at radius 3 is 2.56 bits per heavy atom. The lowest BCUT2D eigenvalue weighted by molar-refractivity contribution is -0.123. The van der Waals surface area contributed by atoms with Crippen LogP contribution < -0.4 is 5.32 Å². The molecule has 3 aliphatic carbocycles.